The summed E-state index contributed by atoms with van der Waals surface area (Å²) in [6, 6.07) is 8.06. The zero-order valence-corrected chi connectivity index (χ0v) is 17.8. The van der Waals surface area contributed by atoms with E-state index in [9.17, 15) is 10.1 Å². The Hall–Kier alpha value is -2.08. The van der Waals surface area contributed by atoms with Crippen LogP contribution in [-0.4, -0.2) is 40.8 Å². The minimum Gasteiger partial charge on any atom is -0.488 e. The lowest BCUT2D eigenvalue weighted by Crippen LogP contribution is -2.44. The van der Waals surface area contributed by atoms with Gasteiger partial charge in [-0.15, -0.1) is 0 Å². The SMILES string of the molecule is CC(C)(C)OC(=O)N1CCC(Oc2c(C#N)cnc3ccc(I)cc23)CC1. The Kier molecular flexibility index (Phi) is 5.75. The second-order valence-corrected chi connectivity index (χ2v) is 8.80. The van der Waals surface area contributed by atoms with E-state index in [0.717, 1.165) is 14.5 Å². The fourth-order valence-electron chi connectivity index (χ4n) is 3.00. The van der Waals surface area contributed by atoms with Crippen molar-refractivity contribution in [3.05, 3.63) is 33.5 Å². The van der Waals surface area contributed by atoms with Gasteiger partial charge in [0, 0.05) is 41.1 Å². The molecule has 0 N–H and O–H groups in total. The van der Waals surface area contributed by atoms with E-state index >= 15 is 0 Å². The van der Waals surface area contributed by atoms with Crippen LogP contribution in [-0.2, 0) is 4.74 Å². The molecule has 3 rings (SSSR count). The summed E-state index contributed by atoms with van der Waals surface area (Å²) >= 11 is 2.24. The van der Waals surface area contributed by atoms with E-state index in [2.05, 4.69) is 33.6 Å². The predicted octanol–water partition coefficient (Wildman–Crippen LogP) is 4.49. The van der Waals surface area contributed by atoms with E-state index in [-0.39, 0.29) is 12.2 Å². The van der Waals surface area contributed by atoms with E-state index < -0.39 is 5.60 Å². The zero-order valence-electron chi connectivity index (χ0n) is 15.7. The van der Waals surface area contributed by atoms with Crippen molar-refractivity contribution in [1.29, 1.82) is 5.26 Å². The number of carbonyl (C=O) groups excluding carboxylic acids is 1. The molecule has 1 aliphatic heterocycles. The molecular formula is C20H22IN3O3. The summed E-state index contributed by atoms with van der Waals surface area (Å²) in [5, 5.41) is 10.3. The standard InChI is InChI=1S/C20H22IN3O3/c1-20(2,3)27-19(25)24-8-6-15(7-9-24)26-18-13(11-22)12-23-17-5-4-14(21)10-16(17)18/h4-5,10,12,15H,6-9H2,1-3H3. The number of ether oxygens (including phenoxy) is 2. The molecular weight excluding hydrogens is 457 g/mol. The van der Waals surface area contributed by atoms with Crippen molar-refractivity contribution in [2.45, 2.75) is 45.3 Å². The highest BCUT2D eigenvalue weighted by molar-refractivity contribution is 14.1. The average Bonchev–Trinajstić information content (AvgIpc) is 2.61. The molecule has 0 unspecified atom stereocenters. The molecule has 1 fully saturated rings. The number of likely N-dealkylation sites (tertiary alicyclic amines) is 1. The van der Waals surface area contributed by atoms with Crippen molar-refractivity contribution in [2.75, 3.05) is 13.1 Å². The van der Waals surface area contributed by atoms with E-state index in [0.29, 0.717) is 37.2 Å². The second kappa shape index (κ2) is 7.89. The number of amides is 1. The smallest absolute Gasteiger partial charge is 0.410 e. The maximum Gasteiger partial charge on any atom is 0.410 e. The summed E-state index contributed by atoms with van der Waals surface area (Å²) < 4.78 is 12.7. The lowest BCUT2D eigenvalue weighted by atomic mass is 10.1. The van der Waals surface area contributed by atoms with Gasteiger partial charge in [0.1, 0.15) is 29.1 Å². The van der Waals surface area contributed by atoms with Gasteiger partial charge in [-0.2, -0.15) is 5.26 Å². The third-order valence-corrected chi connectivity index (χ3v) is 4.95. The zero-order chi connectivity index (χ0) is 19.6. The molecule has 2 aromatic rings. The number of rotatable bonds is 2. The van der Waals surface area contributed by atoms with Crippen LogP contribution < -0.4 is 4.74 Å². The van der Waals surface area contributed by atoms with Gasteiger partial charge in [-0.3, -0.25) is 4.98 Å². The Morgan fingerprint density at radius 1 is 1.33 bits per heavy atom. The van der Waals surface area contributed by atoms with E-state index in [1.165, 1.54) is 0 Å². The monoisotopic (exact) mass is 479 g/mol. The van der Waals surface area contributed by atoms with Crippen LogP contribution in [0.2, 0.25) is 0 Å². The van der Waals surface area contributed by atoms with Crippen molar-refractivity contribution in [3.63, 3.8) is 0 Å². The number of pyridine rings is 1. The number of hydrogen-bond acceptors (Lipinski definition) is 5. The summed E-state index contributed by atoms with van der Waals surface area (Å²) in [6.07, 6.45) is 2.60. The molecule has 1 aromatic heterocycles. The van der Waals surface area contributed by atoms with Crippen molar-refractivity contribution < 1.29 is 14.3 Å². The summed E-state index contributed by atoms with van der Waals surface area (Å²) in [5.41, 5.74) is 0.730. The second-order valence-electron chi connectivity index (χ2n) is 7.56. The number of piperidine rings is 1. The first-order valence-corrected chi connectivity index (χ1v) is 9.97. The van der Waals surface area contributed by atoms with Crippen LogP contribution in [0.5, 0.6) is 5.75 Å². The number of benzene rings is 1. The maximum atomic E-state index is 12.2. The van der Waals surface area contributed by atoms with E-state index in [1.807, 2.05) is 39.0 Å². The van der Waals surface area contributed by atoms with Crippen molar-refractivity contribution in [1.82, 2.24) is 9.88 Å². The number of fused-ring (bicyclic) bond motifs is 1. The van der Waals surface area contributed by atoms with E-state index in [1.54, 1.807) is 11.1 Å². The molecule has 0 bridgehead atoms. The molecule has 142 valence electrons. The first kappa shape index (κ1) is 19.7. The van der Waals surface area contributed by atoms with Crippen molar-refractivity contribution in [3.8, 4) is 11.8 Å². The Balaban J connectivity index is 1.73. The van der Waals surface area contributed by atoms with Gasteiger partial charge in [-0.1, -0.05) is 0 Å². The predicted molar refractivity (Wildman–Crippen MR) is 111 cm³/mol. The summed E-state index contributed by atoms with van der Waals surface area (Å²) in [4.78, 5) is 18.3. The minimum atomic E-state index is -0.501. The Labute approximate surface area is 172 Å². The highest BCUT2D eigenvalue weighted by atomic mass is 127. The minimum absolute atomic E-state index is 0.0562. The molecule has 6 nitrogen and oxygen atoms in total. The average molecular weight is 479 g/mol. The number of aromatic nitrogens is 1. The first-order valence-electron chi connectivity index (χ1n) is 8.90. The lowest BCUT2D eigenvalue weighted by molar-refractivity contribution is 0.0127. The van der Waals surface area contributed by atoms with Gasteiger partial charge in [0.05, 0.1) is 5.52 Å². The molecule has 0 aliphatic carbocycles. The fourth-order valence-corrected chi connectivity index (χ4v) is 3.49. The van der Waals surface area contributed by atoms with E-state index in [4.69, 9.17) is 9.47 Å². The molecule has 0 spiro atoms. The Morgan fingerprint density at radius 2 is 2.04 bits per heavy atom. The molecule has 0 saturated carbocycles. The summed E-state index contributed by atoms with van der Waals surface area (Å²) in [5.74, 6) is 0.580. The molecule has 27 heavy (non-hydrogen) atoms. The topological polar surface area (TPSA) is 75.4 Å². The van der Waals surface area contributed by atoms with Gasteiger partial charge < -0.3 is 14.4 Å². The van der Waals surface area contributed by atoms with Gasteiger partial charge in [0.15, 0.2) is 0 Å². The van der Waals surface area contributed by atoms with Crippen LogP contribution >= 0.6 is 22.6 Å². The van der Waals surface area contributed by atoms with Crippen LogP contribution in [0.3, 0.4) is 0 Å². The third-order valence-electron chi connectivity index (χ3n) is 4.28. The number of nitrogens with zero attached hydrogens (tertiary/aromatic N) is 3. The highest BCUT2D eigenvalue weighted by Crippen LogP contribution is 2.31. The Morgan fingerprint density at radius 3 is 2.67 bits per heavy atom. The van der Waals surface area contributed by atoms with Crippen LogP contribution in [0.1, 0.15) is 39.2 Å². The lowest BCUT2D eigenvalue weighted by Gasteiger charge is -2.33. The van der Waals surface area contributed by atoms with Crippen LogP contribution in [0.4, 0.5) is 4.79 Å². The number of hydrogen-bond donors (Lipinski definition) is 0. The Bertz CT molecular complexity index is 894. The summed E-state index contributed by atoms with van der Waals surface area (Å²) in [6.45, 7) is 6.73. The highest BCUT2D eigenvalue weighted by Gasteiger charge is 2.28. The van der Waals surface area contributed by atoms with Gasteiger partial charge >= 0.3 is 6.09 Å². The first-order chi connectivity index (χ1) is 12.8. The molecule has 1 aromatic carbocycles. The van der Waals surface area contributed by atoms with Gasteiger partial charge in [-0.25, -0.2) is 4.79 Å². The van der Waals surface area contributed by atoms with Crippen molar-refractivity contribution >= 4 is 39.6 Å². The van der Waals surface area contributed by atoms with Gasteiger partial charge in [-0.05, 0) is 61.6 Å². The normalized spacial score (nSPS) is 15.4. The maximum absolute atomic E-state index is 12.2. The quantitative estimate of drug-likeness (QED) is 0.594. The molecule has 0 atom stereocenters. The number of carbonyl (C=O) groups is 1. The molecule has 1 amide bonds. The molecule has 1 saturated heterocycles. The number of halogens is 1. The molecule has 1 aliphatic rings. The fraction of sp³-hybridized carbons (Fsp3) is 0.450. The molecule has 2 heterocycles. The molecule has 7 heteroatoms. The van der Waals surface area contributed by atoms with Gasteiger partial charge in [0.2, 0.25) is 0 Å². The van der Waals surface area contributed by atoms with Gasteiger partial charge in [0.25, 0.3) is 0 Å². The third kappa shape index (κ3) is 4.80. The van der Waals surface area contributed by atoms with Crippen molar-refractivity contribution in [2.24, 2.45) is 0 Å². The largest absolute Gasteiger partial charge is 0.488 e. The number of nitriles is 1. The summed E-state index contributed by atoms with van der Waals surface area (Å²) in [7, 11) is 0. The molecule has 0 radical (unpaired) electrons. The van der Waals surface area contributed by atoms with Crippen LogP contribution in [0.25, 0.3) is 10.9 Å². The van der Waals surface area contributed by atoms with Crippen LogP contribution in [0.15, 0.2) is 24.4 Å². The van der Waals surface area contributed by atoms with Crippen LogP contribution in [0, 0.1) is 14.9 Å².